The van der Waals surface area contributed by atoms with Gasteiger partial charge in [-0.05, 0) is 73.6 Å². The minimum absolute atomic E-state index is 0.193. The number of piperazine rings is 1. The van der Waals surface area contributed by atoms with E-state index < -0.39 is 0 Å². The maximum atomic E-state index is 10.1. The number of nitriles is 1. The first-order valence-corrected chi connectivity index (χ1v) is 13.2. The number of halogens is 2. The summed E-state index contributed by atoms with van der Waals surface area (Å²) in [5, 5.41) is 11.7. The Hall–Kier alpha value is -2.51. The van der Waals surface area contributed by atoms with Crippen molar-refractivity contribution in [3.8, 4) is 6.07 Å². The molecule has 1 saturated carbocycles. The topological polar surface area (TPSA) is 30.3 Å². The molecule has 1 aliphatic carbocycles. The number of hydrogen-bond donors (Lipinski definition) is 0. The van der Waals surface area contributed by atoms with E-state index >= 15 is 0 Å². The maximum absolute atomic E-state index is 10.1. The third-order valence-electron chi connectivity index (χ3n) is 7.94. The first kappa shape index (κ1) is 24.2. The molecule has 1 saturated heterocycles. The molecule has 5 rings (SSSR count). The lowest BCUT2D eigenvalue weighted by atomic mass is 9.69. The van der Waals surface area contributed by atoms with E-state index in [4.69, 9.17) is 23.2 Å². The average Bonchev–Trinajstić information content (AvgIpc) is 2.90. The average molecular weight is 505 g/mol. The molecule has 0 amide bonds. The molecule has 0 spiro atoms. The van der Waals surface area contributed by atoms with Gasteiger partial charge in [0, 0.05) is 30.7 Å². The van der Waals surface area contributed by atoms with Gasteiger partial charge in [0.15, 0.2) is 0 Å². The molecular formula is C30H31Cl2N3. The molecule has 3 nitrogen and oxygen atoms in total. The molecule has 2 fully saturated rings. The van der Waals surface area contributed by atoms with Gasteiger partial charge < -0.3 is 4.90 Å². The molecule has 3 aromatic carbocycles. The monoisotopic (exact) mass is 503 g/mol. The zero-order chi connectivity index (χ0) is 24.4. The summed E-state index contributed by atoms with van der Waals surface area (Å²) in [6.07, 6.45) is 3.91. The van der Waals surface area contributed by atoms with Crippen LogP contribution < -0.4 is 4.90 Å². The second-order valence-electron chi connectivity index (χ2n) is 10.0. The van der Waals surface area contributed by atoms with E-state index in [0.29, 0.717) is 6.04 Å². The fraction of sp³-hybridized carbons (Fsp3) is 0.367. The van der Waals surface area contributed by atoms with Gasteiger partial charge in [-0.2, -0.15) is 5.26 Å². The van der Waals surface area contributed by atoms with E-state index in [-0.39, 0.29) is 11.5 Å². The summed E-state index contributed by atoms with van der Waals surface area (Å²) in [4.78, 5) is 5.10. The zero-order valence-electron chi connectivity index (χ0n) is 20.1. The summed E-state index contributed by atoms with van der Waals surface area (Å²) in [6.45, 7) is 4.91. The number of benzene rings is 3. The first-order chi connectivity index (χ1) is 17.0. The summed E-state index contributed by atoms with van der Waals surface area (Å²) >= 11 is 12.9. The Balaban J connectivity index is 1.37. The molecule has 180 valence electrons. The van der Waals surface area contributed by atoms with E-state index in [1.807, 2.05) is 36.4 Å². The largest absolute Gasteiger partial charge is 0.361 e. The Morgan fingerprint density at radius 1 is 0.914 bits per heavy atom. The summed E-state index contributed by atoms with van der Waals surface area (Å²) in [6, 6.07) is 28.3. The van der Waals surface area contributed by atoms with Crippen molar-refractivity contribution in [2.75, 3.05) is 24.5 Å². The normalized spacial score (nSPS) is 25.3. The van der Waals surface area contributed by atoms with Crippen LogP contribution in [0.1, 0.15) is 48.4 Å². The minimum Gasteiger partial charge on any atom is -0.361 e. The van der Waals surface area contributed by atoms with Gasteiger partial charge in [-0.15, -0.1) is 0 Å². The van der Waals surface area contributed by atoms with Crippen LogP contribution in [0.15, 0.2) is 72.8 Å². The third-order valence-corrected chi connectivity index (χ3v) is 8.50. The highest BCUT2D eigenvalue weighted by atomic mass is 35.5. The van der Waals surface area contributed by atoms with Crippen LogP contribution in [0.25, 0.3) is 0 Å². The van der Waals surface area contributed by atoms with Gasteiger partial charge in [0.25, 0.3) is 0 Å². The Bertz CT molecular complexity index is 1190. The lowest BCUT2D eigenvalue weighted by molar-refractivity contribution is 0.113. The van der Waals surface area contributed by atoms with E-state index in [1.54, 1.807) is 0 Å². The predicted octanol–water partition coefficient (Wildman–Crippen LogP) is 7.57. The maximum Gasteiger partial charge on any atom is 0.0823 e. The summed E-state index contributed by atoms with van der Waals surface area (Å²) < 4.78 is 0. The molecule has 1 atom stereocenters. The van der Waals surface area contributed by atoms with Crippen molar-refractivity contribution in [1.82, 2.24) is 4.90 Å². The first-order valence-electron chi connectivity index (χ1n) is 12.5. The minimum atomic E-state index is -0.357. The van der Waals surface area contributed by atoms with Gasteiger partial charge in [0.2, 0.25) is 0 Å². The predicted molar refractivity (Wildman–Crippen MR) is 145 cm³/mol. The number of rotatable bonds is 4. The molecule has 0 N–H and O–H groups in total. The summed E-state index contributed by atoms with van der Waals surface area (Å²) in [7, 11) is 0. The van der Waals surface area contributed by atoms with Gasteiger partial charge in [-0.3, -0.25) is 4.90 Å². The second kappa shape index (κ2) is 10.2. The van der Waals surface area contributed by atoms with Crippen LogP contribution in [-0.4, -0.2) is 30.6 Å². The molecule has 0 aromatic heterocycles. The van der Waals surface area contributed by atoms with Crippen molar-refractivity contribution in [3.63, 3.8) is 0 Å². The van der Waals surface area contributed by atoms with Gasteiger partial charge in [-0.1, -0.05) is 71.7 Å². The van der Waals surface area contributed by atoms with Gasteiger partial charge in [0.1, 0.15) is 0 Å². The summed E-state index contributed by atoms with van der Waals surface area (Å²) in [5.74, 6) is 0. The van der Waals surface area contributed by atoms with Crippen LogP contribution in [0.5, 0.6) is 0 Å². The zero-order valence-corrected chi connectivity index (χ0v) is 21.6. The van der Waals surface area contributed by atoms with E-state index in [0.717, 1.165) is 61.1 Å². The Labute approximate surface area is 218 Å². The number of hydrogen-bond acceptors (Lipinski definition) is 3. The van der Waals surface area contributed by atoms with Crippen LogP contribution >= 0.6 is 23.2 Å². The van der Waals surface area contributed by atoms with Gasteiger partial charge in [-0.25, -0.2) is 0 Å². The fourth-order valence-corrected chi connectivity index (χ4v) is 6.39. The molecular weight excluding hydrogens is 473 g/mol. The number of aryl methyl sites for hydroxylation is 1. The SMILES string of the molecule is Cc1ccc(N2CCN(C3CCC(C#N)(c4ccccc4)CC3)CC2c2ccc(Cl)cc2)c(Cl)c1. The van der Waals surface area contributed by atoms with Crippen molar-refractivity contribution in [2.24, 2.45) is 0 Å². The molecule has 2 aliphatic rings. The Kier molecular flexibility index (Phi) is 7.07. The molecule has 1 heterocycles. The second-order valence-corrected chi connectivity index (χ2v) is 10.8. The molecule has 1 unspecified atom stereocenters. The van der Waals surface area contributed by atoms with Crippen molar-refractivity contribution < 1.29 is 0 Å². The van der Waals surface area contributed by atoms with Crippen LogP contribution in [-0.2, 0) is 5.41 Å². The molecule has 5 heteroatoms. The van der Waals surface area contributed by atoms with Gasteiger partial charge >= 0.3 is 0 Å². The molecule has 0 bridgehead atoms. The highest BCUT2D eigenvalue weighted by molar-refractivity contribution is 6.33. The highest BCUT2D eigenvalue weighted by Crippen LogP contribution is 2.42. The third kappa shape index (κ3) is 4.94. The van der Waals surface area contributed by atoms with E-state index in [9.17, 15) is 5.26 Å². The standard InChI is InChI=1S/C30H31Cl2N3/c1-22-7-12-28(27(32)19-22)35-18-17-34(20-29(35)23-8-10-25(31)11-9-23)26-13-15-30(21-33,16-14-26)24-5-3-2-4-6-24/h2-12,19,26,29H,13-18,20H2,1H3. The quantitative estimate of drug-likeness (QED) is 0.367. The lowest BCUT2D eigenvalue weighted by Crippen LogP contribution is -2.53. The van der Waals surface area contributed by atoms with E-state index in [2.05, 4.69) is 59.2 Å². The highest BCUT2D eigenvalue weighted by Gasteiger charge is 2.40. The van der Waals surface area contributed by atoms with Crippen molar-refractivity contribution in [3.05, 3.63) is 99.5 Å². The van der Waals surface area contributed by atoms with E-state index in [1.165, 1.54) is 16.7 Å². The van der Waals surface area contributed by atoms with Crippen LogP contribution in [0.3, 0.4) is 0 Å². The molecule has 3 aromatic rings. The van der Waals surface area contributed by atoms with Crippen LogP contribution in [0.4, 0.5) is 5.69 Å². The number of anilines is 1. The lowest BCUT2D eigenvalue weighted by Gasteiger charge is -2.48. The smallest absolute Gasteiger partial charge is 0.0823 e. The molecule has 1 aliphatic heterocycles. The molecule has 0 radical (unpaired) electrons. The Morgan fingerprint density at radius 3 is 2.29 bits per heavy atom. The van der Waals surface area contributed by atoms with Crippen molar-refractivity contribution >= 4 is 28.9 Å². The van der Waals surface area contributed by atoms with Gasteiger partial charge in [0.05, 0.1) is 28.2 Å². The Morgan fingerprint density at radius 2 is 1.63 bits per heavy atom. The fourth-order valence-electron chi connectivity index (χ4n) is 5.92. The van der Waals surface area contributed by atoms with Crippen molar-refractivity contribution in [2.45, 2.75) is 50.1 Å². The van der Waals surface area contributed by atoms with Crippen molar-refractivity contribution in [1.29, 1.82) is 5.26 Å². The van der Waals surface area contributed by atoms with Crippen LogP contribution in [0, 0.1) is 18.3 Å². The molecule has 35 heavy (non-hydrogen) atoms. The van der Waals surface area contributed by atoms with Crippen LogP contribution in [0.2, 0.25) is 10.0 Å². The number of nitrogens with zero attached hydrogens (tertiary/aromatic N) is 3. The summed E-state index contributed by atoms with van der Waals surface area (Å²) in [5.41, 5.74) is 4.32.